The van der Waals surface area contributed by atoms with Crippen LogP contribution in [0.3, 0.4) is 0 Å². The molecule has 1 aliphatic heterocycles. The molecule has 0 bridgehead atoms. The van der Waals surface area contributed by atoms with E-state index in [2.05, 4.69) is 5.32 Å². The van der Waals surface area contributed by atoms with Gasteiger partial charge in [-0.3, -0.25) is 9.59 Å². The fraction of sp³-hybridized carbons (Fsp3) is 0.300. The molecule has 1 heterocycles. The number of carbonyl (C=O) groups is 2. The molecule has 6 nitrogen and oxygen atoms in total. The Hall–Kier alpha value is -2.73. The van der Waals surface area contributed by atoms with Crippen molar-refractivity contribution in [3.63, 3.8) is 0 Å². The lowest BCUT2D eigenvalue weighted by atomic mass is 9.97. The molecular weight excluding hydrogens is 370 g/mol. The first-order valence-electron chi connectivity index (χ1n) is 8.66. The second kappa shape index (κ2) is 8.77. The molecule has 0 fully saturated rings. The molecule has 3 rings (SSSR count). The molecule has 2 aromatic carbocycles. The Kier molecular flexibility index (Phi) is 6.19. The topological polar surface area (TPSA) is 73.9 Å². The highest BCUT2D eigenvalue weighted by Gasteiger charge is 2.28. The Balaban J connectivity index is 1.53. The number of nitrogens with one attached hydrogen (secondary N) is 1. The highest BCUT2D eigenvalue weighted by molar-refractivity contribution is 6.30. The van der Waals surface area contributed by atoms with E-state index < -0.39 is 17.8 Å². The van der Waals surface area contributed by atoms with Crippen molar-refractivity contribution in [3.8, 4) is 11.5 Å². The van der Waals surface area contributed by atoms with E-state index in [-0.39, 0.29) is 13.2 Å². The lowest BCUT2D eigenvalue weighted by molar-refractivity contribution is -0.152. The SMILES string of the molecule is CCOc1ccccc1NC(=O)COC(=O)[C@H]1COc2ccc(Cl)cc2C1. The van der Waals surface area contributed by atoms with Crippen molar-refractivity contribution in [1.29, 1.82) is 0 Å². The third-order valence-electron chi connectivity index (χ3n) is 4.07. The maximum absolute atomic E-state index is 12.3. The first-order chi connectivity index (χ1) is 13.1. The van der Waals surface area contributed by atoms with Crippen molar-refractivity contribution in [2.45, 2.75) is 13.3 Å². The van der Waals surface area contributed by atoms with Gasteiger partial charge in [0.15, 0.2) is 6.61 Å². The maximum Gasteiger partial charge on any atom is 0.313 e. The van der Waals surface area contributed by atoms with Gasteiger partial charge in [-0.15, -0.1) is 0 Å². The van der Waals surface area contributed by atoms with Gasteiger partial charge in [0.25, 0.3) is 5.91 Å². The lowest BCUT2D eigenvalue weighted by Gasteiger charge is -2.24. The van der Waals surface area contributed by atoms with E-state index in [0.29, 0.717) is 35.2 Å². The minimum absolute atomic E-state index is 0.211. The molecule has 1 aliphatic rings. The maximum atomic E-state index is 12.3. The van der Waals surface area contributed by atoms with Gasteiger partial charge in [-0.05, 0) is 49.2 Å². The Bertz CT molecular complexity index is 839. The second-order valence-electron chi connectivity index (χ2n) is 6.05. The number of halogens is 1. The molecule has 2 aromatic rings. The van der Waals surface area contributed by atoms with Crippen LogP contribution in [0.4, 0.5) is 5.69 Å². The number of hydrogen-bond acceptors (Lipinski definition) is 5. The zero-order valence-electron chi connectivity index (χ0n) is 14.9. The van der Waals surface area contributed by atoms with Crippen molar-refractivity contribution in [2.75, 3.05) is 25.1 Å². The fourth-order valence-electron chi connectivity index (χ4n) is 2.81. The van der Waals surface area contributed by atoms with E-state index in [4.69, 9.17) is 25.8 Å². The van der Waals surface area contributed by atoms with Crippen molar-refractivity contribution in [1.82, 2.24) is 0 Å². The van der Waals surface area contributed by atoms with Crippen LogP contribution in [0.25, 0.3) is 0 Å². The lowest BCUT2D eigenvalue weighted by Crippen LogP contribution is -2.32. The molecule has 7 heteroatoms. The van der Waals surface area contributed by atoms with E-state index in [1.54, 1.807) is 36.4 Å². The zero-order chi connectivity index (χ0) is 19.2. The Morgan fingerprint density at radius 3 is 2.89 bits per heavy atom. The molecule has 1 atom stereocenters. The number of para-hydroxylation sites is 2. The first kappa shape index (κ1) is 19.0. The van der Waals surface area contributed by atoms with Crippen LogP contribution in [0.5, 0.6) is 11.5 Å². The van der Waals surface area contributed by atoms with Crippen LogP contribution in [0.2, 0.25) is 5.02 Å². The minimum Gasteiger partial charge on any atom is -0.492 e. The summed E-state index contributed by atoms with van der Waals surface area (Å²) in [5, 5.41) is 3.27. The van der Waals surface area contributed by atoms with Gasteiger partial charge < -0.3 is 19.5 Å². The summed E-state index contributed by atoms with van der Waals surface area (Å²) < 4.78 is 16.2. The van der Waals surface area contributed by atoms with Gasteiger partial charge in [0.2, 0.25) is 0 Å². The predicted octanol–water partition coefficient (Wildman–Crippen LogP) is 3.47. The number of carbonyl (C=O) groups excluding carboxylic acids is 2. The Morgan fingerprint density at radius 1 is 1.26 bits per heavy atom. The van der Waals surface area contributed by atoms with Crippen LogP contribution in [0.1, 0.15) is 12.5 Å². The van der Waals surface area contributed by atoms with E-state index in [1.165, 1.54) is 0 Å². The van der Waals surface area contributed by atoms with Gasteiger partial charge in [0, 0.05) is 5.02 Å². The number of hydrogen-bond donors (Lipinski definition) is 1. The average Bonchev–Trinajstić information content (AvgIpc) is 2.67. The third-order valence-corrected chi connectivity index (χ3v) is 4.30. The van der Waals surface area contributed by atoms with Crippen LogP contribution in [0, 0.1) is 5.92 Å². The van der Waals surface area contributed by atoms with Crippen molar-refractivity contribution >= 4 is 29.2 Å². The molecule has 0 aromatic heterocycles. The molecule has 1 amide bonds. The van der Waals surface area contributed by atoms with Crippen molar-refractivity contribution < 1.29 is 23.8 Å². The van der Waals surface area contributed by atoms with E-state index >= 15 is 0 Å². The van der Waals surface area contributed by atoms with Gasteiger partial charge in [-0.25, -0.2) is 0 Å². The molecule has 0 radical (unpaired) electrons. The van der Waals surface area contributed by atoms with Crippen LogP contribution in [-0.2, 0) is 20.7 Å². The van der Waals surface area contributed by atoms with Crippen LogP contribution in [0.15, 0.2) is 42.5 Å². The van der Waals surface area contributed by atoms with Crippen molar-refractivity contribution in [2.24, 2.45) is 5.92 Å². The normalized spacial score (nSPS) is 15.3. The predicted molar refractivity (Wildman–Crippen MR) is 101 cm³/mol. The quantitative estimate of drug-likeness (QED) is 0.766. The highest BCUT2D eigenvalue weighted by Crippen LogP contribution is 2.30. The van der Waals surface area contributed by atoms with Gasteiger partial charge in [-0.1, -0.05) is 23.7 Å². The van der Waals surface area contributed by atoms with E-state index in [0.717, 1.165) is 5.56 Å². The molecule has 1 N–H and O–H groups in total. The number of fused-ring (bicyclic) bond motifs is 1. The molecule has 142 valence electrons. The van der Waals surface area contributed by atoms with Crippen LogP contribution >= 0.6 is 11.6 Å². The van der Waals surface area contributed by atoms with Crippen LogP contribution in [-0.4, -0.2) is 31.7 Å². The summed E-state index contributed by atoms with van der Waals surface area (Å²) in [6, 6.07) is 12.4. The summed E-state index contributed by atoms with van der Waals surface area (Å²) in [4.78, 5) is 24.4. The van der Waals surface area contributed by atoms with Gasteiger partial charge in [0.1, 0.15) is 18.1 Å². The molecule has 0 unspecified atom stereocenters. The Labute approximate surface area is 162 Å². The van der Waals surface area contributed by atoms with Gasteiger partial charge in [-0.2, -0.15) is 0 Å². The summed E-state index contributed by atoms with van der Waals surface area (Å²) in [5.41, 5.74) is 1.38. The molecule has 0 aliphatic carbocycles. The summed E-state index contributed by atoms with van der Waals surface area (Å²) in [6.45, 7) is 2.17. The fourth-order valence-corrected chi connectivity index (χ4v) is 3.00. The van der Waals surface area contributed by atoms with Crippen LogP contribution < -0.4 is 14.8 Å². The molecular formula is C20H20ClNO5. The Morgan fingerprint density at radius 2 is 2.07 bits per heavy atom. The van der Waals surface area contributed by atoms with E-state index in [1.807, 2.05) is 13.0 Å². The third kappa shape index (κ3) is 4.92. The summed E-state index contributed by atoms with van der Waals surface area (Å²) in [6.07, 6.45) is 0.462. The number of benzene rings is 2. The van der Waals surface area contributed by atoms with Crippen molar-refractivity contribution in [3.05, 3.63) is 53.1 Å². The van der Waals surface area contributed by atoms with Gasteiger partial charge in [0.05, 0.1) is 18.2 Å². The summed E-state index contributed by atoms with van der Waals surface area (Å²) in [5.74, 6) is -0.105. The second-order valence-corrected chi connectivity index (χ2v) is 6.49. The number of amides is 1. The van der Waals surface area contributed by atoms with E-state index in [9.17, 15) is 9.59 Å². The molecule has 27 heavy (non-hydrogen) atoms. The monoisotopic (exact) mass is 389 g/mol. The van der Waals surface area contributed by atoms with Gasteiger partial charge >= 0.3 is 5.97 Å². The zero-order valence-corrected chi connectivity index (χ0v) is 15.6. The standard InChI is InChI=1S/C20H20ClNO5/c1-2-25-18-6-4-3-5-16(18)22-19(23)12-27-20(24)14-9-13-10-15(21)7-8-17(13)26-11-14/h3-8,10,14H,2,9,11-12H2,1H3,(H,22,23)/t14-/m1/s1. The minimum atomic E-state index is -0.478. The smallest absolute Gasteiger partial charge is 0.313 e. The molecule has 0 saturated carbocycles. The highest BCUT2D eigenvalue weighted by atomic mass is 35.5. The number of rotatable bonds is 6. The first-order valence-corrected chi connectivity index (χ1v) is 9.04. The summed E-state index contributed by atoms with van der Waals surface area (Å²) in [7, 11) is 0. The molecule has 0 saturated heterocycles. The largest absolute Gasteiger partial charge is 0.492 e. The number of anilines is 1. The average molecular weight is 390 g/mol. The molecule has 0 spiro atoms. The number of esters is 1. The summed E-state index contributed by atoms with van der Waals surface area (Å²) >= 11 is 5.98. The number of ether oxygens (including phenoxy) is 3.